The maximum Gasteiger partial charge on any atom is 0.310 e. The standard InChI is InChI=1S/C8H12O4S/c1-5-3-6(13(2,11)12)4-7(5)8(9)10/h6-7H,1,3-4H2,2H3,(H,9,10). The Hall–Kier alpha value is -0.840. The van der Waals surface area contributed by atoms with Crippen LogP contribution in [0.4, 0.5) is 0 Å². The molecular formula is C8H12O4S. The summed E-state index contributed by atoms with van der Waals surface area (Å²) in [6.45, 7) is 3.58. The molecule has 0 saturated heterocycles. The molecule has 0 radical (unpaired) electrons. The van der Waals surface area contributed by atoms with Crippen molar-refractivity contribution in [2.45, 2.75) is 18.1 Å². The summed E-state index contributed by atoms with van der Waals surface area (Å²) in [6, 6.07) is 0. The molecule has 1 aliphatic rings. The average molecular weight is 204 g/mol. The Morgan fingerprint density at radius 3 is 2.38 bits per heavy atom. The van der Waals surface area contributed by atoms with Gasteiger partial charge in [-0.1, -0.05) is 12.2 Å². The van der Waals surface area contributed by atoms with Crippen molar-refractivity contribution in [2.24, 2.45) is 5.92 Å². The normalized spacial score (nSPS) is 29.2. The van der Waals surface area contributed by atoms with Gasteiger partial charge in [-0.25, -0.2) is 8.42 Å². The van der Waals surface area contributed by atoms with E-state index in [1.54, 1.807) is 0 Å². The highest BCUT2D eigenvalue weighted by molar-refractivity contribution is 7.91. The molecule has 0 amide bonds. The van der Waals surface area contributed by atoms with E-state index >= 15 is 0 Å². The summed E-state index contributed by atoms with van der Waals surface area (Å²) in [5.41, 5.74) is 0.517. The molecule has 0 aromatic heterocycles. The van der Waals surface area contributed by atoms with Gasteiger partial charge in [0.25, 0.3) is 0 Å². The fourth-order valence-electron chi connectivity index (χ4n) is 1.55. The lowest BCUT2D eigenvalue weighted by Crippen LogP contribution is -2.18. The monoisotopic (exact) mass is 204 g/mol. The molecule has 0 aliphatic heterocycles. The quantitative estimate of drug-likeness (QED) is 0.663. The smallest absolute Gasteiger partial charge is 0.310 e. The Morgan fingerprint density at radius 2 is 2.15 bits per heavy atom. The third-order valence-corrected chi connectivity index (χ3v) is 3.95. The lowest BCUT2D eigenvalue weighted by Gasteiger charge is -2.04. The Labute approximate surface area is 77.2 Å². The molecule has 0 bridgehead atoms. The first-order valence-electron chi connectivity index (χ1n) is 3.91. The Kier molecular flexibility index (Phi) is 2.47. The van der Waals surface area contributed by atoms with E-state index in [4.69, 9.17) is 5.11 Å². The molecule has 0 spiro atoms. The van der Waals surface area contributed by atoms with Gasteiger partial charge in [0.15, 0.2) is 9.84 Å². The molecular weight excluding hydrogens is 192 g/mol. The van der Waals surface area contributed by atoms with Crippen LogP contribution in [0.15, 0.2) is 12.2 Å². The lowest BCUT2D eigenvalue weighted by molar-refractivity contribution is -0.140. The minimum atomic E-state index is -3.13. The van der Waals surface area contributed by atoms with E-state index in [-0.39, 0.29) is 12.8 Å². The van der Waals surface area contributed by atoms with Crippen LogP contribution in [0.3, 0.4) is 0 Å². The molecule has 0 aromatic carbocycles. The number of aliphatic carboxylic acids is 1. The highest BCUT2D eigenvalue weighted by atomic mass is 32.2. The van der Waals surface area contributed by atoms with Gasteiger partial charge in [-0.2, -0.15) is 0 Å². The molecule has 1 saturated carbocycles. The summed E-state index contributed by atoms with van der Waals surface area (Å²) in [7, 11) is -3.13. The SMILES string of the molecule is C=C1CC(S(C)(=O)=O)CC1C(=O)O. The number of hydrogen-bond acceptors (Lipinski definition) is 3. The zero-order valence-electron chi connectivity index (χ0n) is 7.36. The van der Waals surface area contributed by atoms with Crippen LogP contribution in [-0.4, -0.2) is 31.0 Å². The molecule has 5 heteroatoms. The van der Waals surface area contributed by atoms with Gasteiger partial charge in [-0.15, -0.1) is 0 Å². The van der Waals surface area contributed by atoms with Gasteiger partial charge in [0, 0.05) is 6.26 Å². The molecule has 1 rings (SSSR count). The van der Waals surface area contributed by atoms with Crippen molar-refractivity contribution >= 4 is 15.8 Å². The molecule has 13 heavy (non-hydrogen) atoms. The van der Waals surface area contributed by atoms with Crippen LogP contribution in [0.1, 0.15) is 12.8 Å². The first-order chi connectivity index (χ1) is 5.82. The van der Waals surface area contributed by atoms with Crippen molar-refractivity contribution in [3.8, 4) is 0 Å². The van der Waals surface area contributed by atoms with Crippen molar-refractivity contribution in [2.75, 3.05) is 6.26 Å². The maximum atomic E-state index is 11.1. The Balaban J connectivity index is 2.83. The van der Waals surface area contributed by atoms with Crippen LogP contribution in [0, 0.1) is 5.92 Å². The fraction of sp³-hybridized carbons (Fsp3) is 0.625. The number of hydrogen-bond donors (Lipinski definition) is 1. The third-order valence-electron chi connectivity index (χ3n) is 2.38. The minimum Gasteiger partial charge on any atom is -0.481 e. The number of rotatable bonds is 2. The predicted molar refractivity (Wildman–Crippen MR) is 48.1 cm³/mol. The lowest BCUT2D eigenvalue weighted by atomic mass is 10.1. The largest absolute Gasteiger partial charge is 0.481 e. The van der Waals surface area contributed by atoms with Gasteiger partial charge in [0.2, 0.25) is 0 Å². The van der Waals surface area contributed by atoms with Gasteiger partial charge in [0.05, 0.1) is 11.2 Å². The number of sulfone groups is 1. The molecule has 2 unspecified atom stereocenters. The van der Waals surface area contributed by atoms with Gasteiger partial charge >= 0.3 is 5.97 Å². The van der Waals surface area contributed by atoms with E-state index in [1.165, 1.54) is 0 Å². The van der Waals surface area contributed by atoms with Crippen molar-refractivity contribution in [1.82, 2.24) is 0 Å². The average Bonchev–Trinajstić information content (AvgIpc) is 2.29. The summed E-state index contributed by atoms with van der Waals surface area (Å²) in [6.07, 6.45) is 1.60. The van der Waals surface area contributed by atoms with Crippen LogP contribution in [0.25, 0.3) is 0 Å². The highest BCUT2D eigenvalue weighted by Crippen LogP contribution is 2.33. The summed E-state index contributed by atoms with van der Waals surface area (Å²) in [5, 5.41) is 8.16. The maximum absolute atomic E-state index is 11.1. The second kappa shape index (κ2) is 3.14. The summed E-state index contributed by atoms with van der Waals surface area (Å²) in [5.74, 6) is -1.66. The van der Waals surface area contributed by atoms with Gasteiger partial charge in [-0.3, -0.25) is 4.79 Å². The zero-order chi connectivity index (χ0) is 10.2. The van der Waals surface area contributed by atoms with Gasteiger partial charge in [0.1, 0.15) is 0 Å². The van der Waals surface area contributed by atoms with E-state index in [1.807, 2.05) is 0 Å². The van der Waals surface area contributed by atoms with E-state index < -0.39 is 27.0 Å². The van der Waals surface area contributed by atoms with E-state index in [9.17, 15) is 13.2 Å². The van der Waals surface area contributed by atoms with E-state index in [2.05, 4.69) is 6.58 Å². The van der Waals surface area contributed by atoms with Gasteiger partial charge in [-0.05, 0) is 12.8 Å². The van der Waals surface area contributed by atoms with Crippen molar-refractivity contribution in [1.29, 1.82) is 0 Å². The second-order valence-corrected chi connectivity index (χ2v) is 5.77. The number of carboxylic acid groups (broad SMARTS) is 1. The summed E-state index contributed by atoms with van der Waals surface area (Å²) in [4.78, 5) is 10.6. The van der Waals surface area contributed by atoms with Crippen molar-refractivity contribution < 1.29 is 18.3 Å². The molecule has 1 aliphatic carbocycles. The molecule has 0 aromatic rings. The van der Waals surface area contributed by atoms with Crippen LogP contribution >= 0.6 is 0 Å². The summed E-state index contributed by atoms with van der Waals surface area (Å²) >= 11 is 0. The van der Waals surface area contributed by atoms with Crippen LogP contribution < -0.4 is 0 Å². The number of carbonyl (C=O) groups is 1. The van der Waals surface area contributed by atoms with Gasteiger partial charge < -0.3 is 5.11 Å². The molecule has 1 fully saturated rings. The number of carboxylic acids is 1. The highest BCUT2D eigenvalue weighted by Gasteiger charge is 2.37. The van der Waals surface area contributed by atoms with Crippen LogP contribution in [-0.2, 0) is 14.6 Å². The first kappa shape index (κ1) is 10.2. The third kappa shape index (κ3) is 2.09. The molecule has 74 valence electrons. The topological polar surface area (TPSA) is 71.4 Å². The Morgan fingerprint density at radius 1 is 1.62 bits per heavy atom. The van der Waals surface area contributed by atoms with Crippen LogP contribution in [0.2, 0.25) is 0 Å². The Bertz CT molecular complexity index is 341. The van der Waals surface area contributed by atoms with Crippen molar-refractivity contribution in [3.05, 3.63) is 12.2 Å². The second-order valence-electron chi connectivity index (χ2n) is 3.44. The van der Waals surface area contributed by atoms with E-state index in [0.717, 1.165) is 6.26 Å². The molecule has 2 atom stereocenters. The van der Waals surface area contributed by atoms with Crippen LogP contribution in [0.5, 0.6) is 0 Å². The minimum absolute atomic E-state index is 0.174. The molecule has 4 nitrogen and oxygen atoms in total. The zero-order valence-corrected chi connectivity index (χ0v) is 8.17. The fourth-order valence-corrected chi connectivity index (χ4v) is 2.61. The van der Waals surface area contributed by atoms with Crippen molar-refractivity contribution in [3.63, 3.8) is 0 Å². The molecule has 0 heterocycles. The first-order valence-corrected chi connectivity index (χ1v) is 5.87. The van der Waals surface area contributed by atoms with E-state index in [0.29, 0.717) is 5.57 Å². The predicted octanol–water partition coefficient (Wildman–Crippen LogP) is 0.450. The molecule has 1 N–H and O–H groups in total. The summed E-state index contributed by atoms with van der Waals surface area (Å²) < 4.78 is 22.2.